The third-order valence-corrected chi connectivity index (χ3v) is 2.52. The van der Waals surface area contributed by atoms with Gasteiger partial charge in [-0.05, 0) is 38.0 Å². The summed E-state index contributed by atoms with van der Waals surface area (Å²) in [6.45, 7) is 3.92. The lowest BCUT2D eigenvalue weighted by Crippen LogP contribution is -2.21. The second-order valence-corrected chi connectivity index (χ2v) is 3.75. The molecule has 0 aromatic heterocycles. The predicted molar refractivity (Wildman–Crippen MR) is 49.1 cm³/mol. The highest BCUT2D eigenvalue weighted by atomic mass is 16.5. The lowest BCUT2D eigenvalue weighted by molar-refractivity contribution is 0.0517. The van der Waals surface area contributed by atoms with Gasteiger partial charge in [-0.15, -0.1) is 0 Å². The quantitative estimate of drug-likeness (QED) is 0.657. The molecule has 2 nitrogen and oxygen atoms in total. The molecule has 0 aliphatic heterocycles. The fourth-order valence-electron chi connectivity index (χ4n) is 1.71. The predicted octanol–water partition coefficient (Wildman–Crippen LogP) is 1.96. The van der Waals surface area contributed by atoms with E-state index in [0.29, 0.717) is 5.92 Å². The molecule has 0 saturated heterocycles. The SMILES string of the molecule is CCCOC[C@H]1CC[C@@H](O)CC1. The van der Waals surface area contributed by atoms with Crippen LogP contribution in [0.2, 0.25) is 0 Å². The maximum Gasteiger partial charge on any atom is 0.0540 e. The molecule has 0 heterocycles. The monoisotopic (exact) mass is 172 g/mol. The van der Waals surface area contributed by atoms with Gasteiger partial charge < -0.3 is 9.84 Å². The van der Waals surface area contributed by atoms with Gasteiger partial charge in [-0.2, -0.15) is 0 Å². The van der Waals surface area contributed by atoms with Crippen LogP contribution in [-0.2, 0) is 4.74 Å². The van der Waals surface area contributed by atoms with E-state index < -0.39 is 0 Å². The Morgan fingerprint density at radius 2 is 1.92 bits per heavy atom. The van der Waals surface area contributed by atoms with Gasteiger partial charge in [-0.1, -0.05) is 6.92 Å². The smallest absolute Gasteiger partial charge is 0.0540 e. The van der Waals surface area contributed by atoms with Crippen molar-refractivity contribution in [3.8, 4) is 0 Å². The summed E-state index contributed by atoms with van der Waals surface area (Å²) in [5.41, 5.74) is 0. The molecule has 1 fully saturated rings. The highest BCUT2D eigenvalue weighted by Gasteiger charge is 2.18. The largest absolute Gasteiger partial charge is 0.393 e. The number of rotatable bonds is 4. The summed E-state index contributed by atoms with van der Waals surface area (Å²) in [5.74, 6) is 0.708. The molecular formula is C10H20O2. The Hall–Kier alpha value is -0.0800. The van der Waals surface area contributed by atoms with Crippen molar-refractivity contribution in [1.29, 1.82) is 0 Å². The van der Waals surface area contributed by atoms with Gasteiger partial charge >= 0.3 is 0 Å². The van der Waals surface area contributed by atoms with Gasteiger partial charge in [0, 0.05) is 13.2 Å². The summed E-state index contributed by atoms with van der Waals surface area (Å²) >= 11 is 0. The van der Waals surface area contributed by atoms with Crippen molar-refractivity contribution >= 4 is 0 Å². The van der Waals surface area contributed by atoms with Crippen LogP contribution in [0.25, 0.3) is 0 Å². The maximum absolute atomic E-state index is 9.26. The third kappa shape index (κ3) is 3.55. The van der Waals surface area contributed by atoms with Crippen LogP contribution in [0.15, 0.2) is 0 Å². The third-order valence-electron chi connectivity index (χ3n) is 2.52. The van der Waals surface area contributed by atoms with Gasteiger partial charge in [0.05, 0.1) is 6.10 Å². The Bertz CT molecular complexity index is 106. The van der Waals surface area contributed by atoms with Gasteiger partial charge in [0.2, 0.25) is 0 Å². The molecule has 0 atom stereocenters. The molecule has 1 rings (SSSR count). The second-order valence-electron chi connectivity index (χ2n) is 3.75. The summed E-state index contributed by atoms with van der Waals surface area (Å²) in [7, 11) is 0. The van der Waals surface area contributed by atoms with E-state index in [4.69, 9.17) is 4.74 Å². The molecular weight excluding hydrogens is 152 g/mol. The second kappa shape index (κ2) is 5.55. The number of hydrogen-bond donors (Lipinski definition) is 1. The molecule has 0 amide bonds. The van der Waals surface area contributed by atoms with E-state index in [1.165, 1.54) is 0 Å². The van der Waals surface area contributed by atoms with Crippen LogP contribution < -0.4 is 0 Å². The minimum Gasteiger partial charge on any atom is -0.393 e. The van der Waals surface area contributed by atoms with Crippen molar-refractivity contribution in [2.45, 2.75) is 45.1 Å². The molecule has 1 aliphatic carbocycles. The standard InChI is InChI=1S/C10H20O2/c1-2-7-12-8-9-3-5-10(11)6-4-9/h9-11H,2-8H2,1H3/t9-,10+. The van der Waals surface area contributed by atoms with Gasteiger partial charge in [0.1, 0.15) is 0 Å². The van der Waals surface area contributed by atoms with Gasteiger partial charge in [0.15, 0.2) is 0 Å². The Balaban J connectivity index is 2.01. The van der Waals surface area contributed by atoms with Crippen LogP contribution in [0.4, 0.5) is 0 Å². The zero-order valence-corrected chi connectivity index (χ0v) is 7.96. The molecule has 1 N–H and O–H groups in total. The van der Waals surface area contributed by atoms with Crippen LogP contribution in [0.3, 0.4) is 0 Å². The highest BCUT2D eigenvalue weighted by Crippen LogP contribution is 2.24. The van der Waals surface area contributed by atoms with Crippen LogP contribution in [0.1, 0.15) is 39.0 Å². The van der Waals surface area contributed by atoms with E-state index in [-0.39, 0.29) is 6.10 Å². The fraction of sp³-hybridized carbons (Fsp3) is 1.00. The highest BCUT2D eigenvalue weighted by molar-refractivity contribution is 4.70. The number of ether oxygens (including phenoxy) is 1. The fourth-order valence-corrected chi connectivity index (χ4v) is 1.71. The van der Waals surface area contributed by atoms with Crippen molar-refractivity contribution in [1.82, 2.24) is 0 Å². The molecule has 72 valence electrons. The molecule has 0 radical (unpaired) electrons. The van der Waals surface area contributed by atoms with Crippen molar-refractivity contribution in [2.24, 2.45) is 5.92 Å². The Morgan fingerprint density at radius 3 is 2.50 bits per heavy atom. The van der Waals surface area contributed by atoms with Crippen molar-refractivity contribution in [3.63, 3.8) is 0 Å². The minimum absolute atomic E-state index is 0.0348. The van der Waals surface area contributed by atoms with E-state index in [1.807, 2.05) is 0 Å². The summed E-state index contributed by atoms with van der Waals surface area (Å²) in [6.07, 6.45) is 5.30. The minimum atomic E-state index is -0.0348. The number of aliphatic hydroxyl groups is 1. The van der Waals surface area contributed by atoms with Crippen molar-refractivity contribution in [2.75, 3.05) is 13.2 Å². The normalized spacial score (nSPS) is 30.5. The van der Waals surface area contributed by atoms with Crippen LogP contribution >= 0.6 is 0 Å². The molecule has 12 heavy (non-hydrogen) atoms. The van der Waals surface area contributed by atoms with E-state index in [0.717, 1.165) is 45.3 Å². The molecule has 0 bridgehead atoms. The van der Waals surface area contributed by atoms with E-state index in [1.54, 1.807) is 0 Å². The summed E-state index contributed by atoms with van der Waals surface area (Å²) in [6, 6.07) is 0. The van der Waals surface area contributed by atoms with Gasteiger partial charge in [-0.3, -0.25) is 0 Å². The first-order valence-corrected chi connectivity index (χ1v) is 5.08. The molecule has 1 aliphatic rings. The van der Waals surface area contributed by atoms with Crippen molar-refractivity contribution < 1.29 is 9.84 Å². The summed E-state index contributed by atoms with van der Waals surface area (Å²) in [5, 5.41) is 9.26. The zero-order valence-electron chi connectivity index (χ0n) is 7.96. The van der Waals surface area contributed by atoms with E-state index >= 15 is 0 Å². The lowest BCUT2D eigenvalue weighted by atomic mass is 9.88. The topological polar surface area (TPSA) is 29.5 Å². The number of hydrogen-bond acceptors (Lipinski definition) is 2. The number of aliphatic hydroxyl groups excluding tert-OH is 1. The first-order chi connectivity index (χ1) is 5.83. The zero-order chi connectivity index (χ0) is 8.81. The average Bonchev–Trinajstić information content (AvgIpc) is 2.09. The molecule has 2 heteroatoms. The molecule has 0 spiro atoms. The first-order valence-electron chi connectivity index (χ1n) is 5.08. The average molecular weight is 172 g/mol. The maximum atomic E-state index is 9.26. The Labute approximate surface area is 74.9 Å². The van der Waals surface area contributed by atoms with Gasteiger partial charge in [-0.25, -0.2) is 0 Å². The summed E-state index contributed by atoms with van der Waals surface area (Å²) < 4.78 is 5.48. The lowest BCUT2D eigenvalue weighted by Gasteiger charge is -2.24. The van der Waals surface area contributed by atoms with E-state index in [2.05, 4.69) is 6.92 Å². The Morgan fingerprint density at radius 1 is 1.25 bits per heavy atom. The van der Waals surface area contributed by atoms with Crippen LogP contribution in [0, 0.1) is 5.92 Å². The van der Waals surface area contributed by atoms with Crippen molar-refractivity contribution in [3.05, 3.63) is 0 Å². The summed E-state index contributed by atoms with van der Waals surface area (Å²) in [4.78, 5) is 0. The van der Waals surface area contributed by atoms with Crippen LogP contribution in [0.5, 0.6) is 0 Å². The molecule has 0 aromatic rings. The van der Waals surface area contributed by atoms with Gasteiger partial charge in [0.25, 0.3) is 0 Å². The van der Waals surface area contributed by atoms with Crippen LogP contribution in [-0.4, -0.2) is 24.4 Å². The molecule has 0 unspecified atom stereocenters. The van der Waals surface area contributed by atoms with E-state index in [9.17, 15) is 5.11 Å². The molecule has 1 saturated carbocycles. The Kier molecular flexibility index (Phi) is 4.62. The molecule has 0 aromatic carbocycles. The first kappa shape index (κ1) is 10.0.